The van der Waals surface area contributed by atoms with Gasteiger partial charge in [-0.2, -0.15) is 0 Å². The third kappa shape index (κ3) is 2.93. The summed E-state index contributed by atoms with van der Waals surface area (Å²) >= 11 is 0. The molecule has 15 heavy (non-hydrogen) atoms. The molecule has 0 radical (unpaired) electrons. The molecule has 1 aliphatic rings. The summed E-state index contributed by atoms with van der Waals surface area (Å²) in [6.45, 7) is 2.93. The van der Waals surface area contributed by atoms with E-state index in [-0.39, 0.29) is 24.3 Å². The molecular formula is C12H17ClFN. The lowest BCUT2D eigenvalue weighted by Gasteiger charge is -2.24. The van der Waals surface area contributed by atoms with Gasteiger partial charge in [0.2, 0.25) is 0 Å². The average Bonchev–Trinajstić information content (AvgIpc) is 2.19. The highest BCUT2D eigenvalue weighted by atomic mass is 35.5. The molecule has 3 heteroatoms. The van der Waals surface area contributed by atoms with Crippen LogP contribution in [0.2, 0.25) is 0 Å². The van der Waals surface area contributed by atoms with E-state index >= 15 is 0 Å². The van der Waals surface area contributed by atoms with Gasteiger partial charge in [-0.15, -0.1) is 12.4 Å². The summed E-state index contributed by atoms with van der Waals surface area (Å²) in [6.07, 6.45) is 3.47. The molecule has 0 aliphatic carbocycles. The van der Waals surface area contributed by atoms with Crippen LogP contribution in [0.1, 0.15) is 36.4 Å². The van der Waals surface area contributed by atoms with Gasteiger partial charge in [-0.25, -0.2) is 4.39 Å². The minimum atomic E-state index is -0.0654. The normalized spacial score (nSPS) is 20.8. The second-order valence-corrected chi connectivity index (χ2v) is 4.03. The Balaban J connectivity index is 0.00000112. The Labute approximate surface area is 96.5 Å². The number of piperidine rings is 1. The average molecular weight is 230 g/mol. The quantitative estimate of drug-likeness (QED) is 0.779. The fourth-order valence-corrected chi connectivity index (χ4v) is 2.03. The van der Waals surface area contributed by atoms with E-state index in [9.17, 15) is 4.39 Å². The minimum absolute atomic E-state index is 0. The number of halogens is 2. The maximum absolute atomic E-state index is 13.6. The van der Waals surface area contributed by atoms with Crippen molar-refractivity contribution < 1.29 is 4.39 Å². The lowest BCUT2D eigenvalue weighted by Crippen LogP contribution is -2.27. The molecule has 0 aromatic heterocycles. The highest BCUT2D eigenvalue weighted by molar-refractivity contribution is 5.85. The summed E-state index contributed by atoms with van der Waals surface area (Å²) in [6, 6.07) is 5.73. The number of hydrogen-bond donors (Lipinski definition) is 1. The summed E-state index contributed by atoms with van der Waals surface area (Å²) in [7, 11) is 0. The first-order chi connectivity index (χ1) is 6.77. The predicted octanol–water partition coefficient (Wildman–Crippen LogP) is 3.37. The number of rotatable bonds is 1. The highest BCUT2D eigenvalue weighted by Crippen LogP contribution is 2.25. The number of hydrogen-bond acceptors (Lipinski definition) is 1. The molecule has 0 unspecified atom stereocenters. The van der Waals surface area contributed by atoms with Crippen LogP contribution in [0.5, 0.6) is 0 Å². The van der Waals surface area contributed by atoms with Crippen molar-refractivity contribution in [3.05, 3.63) is 35.1 Å². The molecule has 1 nitrogen and oxygen atoms in total. The largest absolute Gasteiger partial charge is 0.310 e. The lowest BCUT2D eigenvalue weighted by atomic mass is 9.96. The van der Waals surface area contributed by atoms with Gasteiger partial charge in [0.25, 0.3) is 0 Å². The van der Waals surface area contributed by atoms with Gasteiger partial charge in [0.05, 0.1) is 0 Å². The summed E-state index contributed by atoms with van der Waals surface area (Å²) < 4.78 is 13.6. The van der Waals surface area contributed by atoms with Crippen molar-refractivity contribution in [2.24, 2.45) is 0 Å². The van der Waals surface area contributed by atoms with Crippen LogP contribution >= 0.6 is 12.4 Å². The molecule has 1 atom stereocenters. The number of aryl methyl sites for hydroxylation is 1. The zero-order valence-electron chi connectivity index (χ0n) is 8.92. The van der Waals surface area contributed by atoms with Crippen molar-refractivity contribution in [1.82, 2.24) is 5.32 Å². The van der Waals surface area contributed by atoms with Crippen molar-refractivity contribution >= 4 is 12.4 Å². The first kappa shape index (κ1) is 12.5. The van der Waals surface area contributed by atoms with E-state index in [2.05, 4.69) is 5.32 Å². The second kappa shape index (κ2) is 5.47. The van der Waals surface area contributed by atoms with Gasteiger partial charge in [0, 0.05) is 11.6 Å². The van der Waals surface area contributed by atoms with Crippen molar-refractivity contribution in [3.63, 3.8) is 0 Å². The van der Waals surface area contributed by atoms with E-state index in [1.807, 2.05) is 19.1 Å². The Kier molecular flexibility index (Phi) is 4.55. The molecule has 0 bridgehead atoms. The Bertz CT molecular complexity index is 321. The van der Waals surface area contributed by atoms with Crippen LogP contribution in [-0.4, -0.2) is 6.54 Å². The lowest BCUT2D eigenvalue weighted by molar-refractivity contribution is 0.400. The molecule has 0 spiro atoms. The molecule has 1 saturated heterocycles. The van der Waals surface area contributed by atoms with Gasteiger partial charge in [-0.05, 0) is 37.9 Å². The molecular weight excluding hydrogens is 213 g/mol. The maximum Gasteiger partial charge on any atom is 0.128 e. The van der Waals surface area contributed by atoms with Crippen LogP contribution in [0.25, 0.3) is 0 Å². The van der Waals surface area contributed by atoms with Crippen LogP contribution in [0.3, 0.4) is 0 Å². The fraction of sp³-hybridized carbons (Fsp3) is 0.500. The number of benzene rings is 1. The molecule has 1 aromatic carbocycles. The molecule has 1 aromatic rings. The fourth-order valence-electron chi connectivity index (χ4n) is 2.03. The minimum Gasteiger partial charge on any atom is -0.310 e. The zero-order chi connectivity index (χ0) is 9.97. The Morgan fingerprint density at radius 1 is 1.33 bits per heavy atom. The van der Waals surface area contributed by atoms with Crippen LogP contribution in [-0.2, 0) is 0 Å². The van der Waals surface area contributed by atoms with Crippen molar-refractivity contribution in [3.8, 4) is 0 Å². The van der Waals surface area contributed by atoms with Crippen molar-refractivity contribution in [2.75, 3.05) is 6.54 Å². The summed E-state index contributed by atoms with van der Waals surface area (Å²) in [5.74, 6) is -0.0654. The number of nitrogens with one attached hydrogen (secondary N) is 1. The Hall–Kier alpha value is -0.600. The van der Waals surface area contributed by atoms with Crippen molar-refractivity contribution in [1.29, 1.82) is 0 Å². The van der Waals surface area contributed by atoms with E-state index in [4.69, 9.17) is 0 Å². The Morgan fingerprint density at radius 2 is 2.13 bits per heavy atom. The van der Waals surface area contributed by atoms with Gasteiger partial charge >= 0.3 is 0 Å². The first-order valence-electron chi connectivity index (χ1n) is 5.27. The first-order valence-corrected chi connectivity index (χ1v) is 5.27. The van der Waals surface area contributed by atoms with E-state index < -0.39 is 0 Å². The van der Waals surface area contributed by atoms with Gasteiger partial charge in [0.1, 0.15) is 5.82 Å². The molecule has 1 heterocycles. The van der Waals surface area contributed by atoms with Crippen LogP contribution < -0.4 is 5.32 Å². The topological polar surface area (TPSA) is 12.0 Å². The van der Waals surface area contributed by atoms with Crippen LogP contribution in [0.15, 0.2) is 18.2 Å². The van der Waals surface area contributed by atoms with Crippen LogP contribution in [0.4, 0.5) is 4.39 Å². The molecule has 1 aliphatic heterocycles. The molecule has 0 amide bonds. The summed E-state index contributed by atoms with van der Waals surface area (Å²) in [5.41, 5.74) is 1.82. The van der Waals surface area contributed by atoms with E-state index in [0.717, 1.165) is 24.1 Å². The molecule has 1 fully saturated rings. The third-order valence-corrected chi connectivity index (χ3v) is 2.84. The van der Waals surface area contributed by atoms with Gasteiger partial charge in [-0.1, -0.05) is 18.6 Å². The van der Waals surface area contributed by atoms with Crippen LogP contribution in [0, 0.1) is 12.7 Å². The van der Waals surface area contributed by atoms with Gasteiger partial charge in [-0.3, -0.25) is 0 Å². The predicted molar refractivity (Wildman–Crippen MR) is 63.0 cm³/mol. The molecule has 84 valence electrons. The summed E-state index contributed by atoms with van der Waals surface area (Å²) in [5, 5.41) is 3.36. The summed E-state index contributed by atoms with van der Waals surface area (Å²) in [4.78, 5) is 0. The molecule has 1 N–H and O–H groups in total. The molecule has 2 rings (SSSR count). The SMILES string of the molecule is Cc1ccc([C@H]2CCCCN2)c(F)c1.Cl. The standard InChI is InChI=1S/C12H16FN.ClH/c1-9-5-6-10(11(13)8-9)12-4-2-3-7-14-12;/h5-6,8,12,14H,2-4,7H2,1H3;1H/t12-;/m1./s1. The monoisotopic (exact) mass is 229 g/mol. The van der Waals surface area contributed by atoms with E-state index in [0.29, 0.717) is 0 Å². The van der Waals surface area contributed by atoms with E-state index in [1.165, 1.54) is 12.8 Å². The smallest absolute Gasteiger partial charge is 0.128 e. The van der Waals surface area contributed by atoms with Gasteiger partial charge < -0.3 is 5.32 Å². The van der Waals surface area contributed by atoms with E-state index in [1.54, 1.807) is 6.07 Å². The third-order valence-electron chi connectivity index (χ3n) is 2.84. The Morgan fingerprint density at radius 3 is 2.73 bits per heavy atom. The second-order valence-electron chi connectivity index (χ2n) is 4.03. The molecule has 0 saturated carbocycles. The maximum atomic E-state index is 13.6. The van der Waals surface area contributed by atoms with Gasteiger partial charge in [0.15, 0.2) is 0 Å². The van der Waals surface area contributed by atoms with Crippen molar-refractivity contribution in [2.45, 2.75) is 32.2 Å². The zero-order valence-corrected chi connectivity index (χ0v) is 9.74. The highest BCUT2D eigenvalue weighted by Gasteiger charge is 2.17.